The van der Waals surface area contributed by atoms with Gasteiger partial charge in [-0.2, -0.15) is 10.2 Å². The number of aromatic nitrogens is 2. The van der Waals surface area contributed by atoms with Crippen molar-refractivity contribution in [3.05, 3.63) is 23.9 Å². The third-order valence-corrected chi connectivity index (χ3v) is 4.72. The molecule has 146 valence electrons. The molecule has 1 aliphatic rings. The predicted molar refractivity (Wildman–Crippen MR) is 104 cm³/mol. The van der Waals surface area contributed by atoms with Gasteiger partial charge in [-0.3, -0.25) is 14.9 Å². The molecule has 8 heteroatoms. The van der Waals surface area contributed by atoms with E-state index >= 15 is 0 Å². The highest BCUT2D eigenvalue weighted by atomic mass is 16.5. The summed E-state index contributed by atoms with van der Waals surface area (Å²) in [5.41, 5.74) is 2.78. The van der Waals surface area contributed by atoms with E-state index in [-0.39, 0.29) is 0 Å². The minimum atomic E-state index is 0.294. The van der Waals surface area contributed by atoms with E-state index < -0.39 is 0 Å². The number of hydrazone groups is 1. The Morgan fingerprint density at radius 3 is 3.07 bits per heavy atom. The Balaban J connectivity index is 1.76. The predicted octanol–water partition coefficient (Wildman–Crippen LogP) is 1.91. The van der Waals surface area contributed by atoms with Crippen LogP contribution in [0.2, 0.25) is 0 Å². The molecule has 3 rings (SSSR count). The van der Waals surface area contributed by atoms with Crippen molar-refractivity contribution in [3.63, 3.8) is 0 Å². The van der Waals surface area contributed by atoms with Crippen LogP contribution in [0.25, 0.3) is 10.9 Å². The van der Waals surface area contributed by atoms with Crippen LogP contribution >= 0.6 is 0 Å². The highest BCUT2D eigenvalue weighted by Gasteiger charge is 2.28. The Kier molecular flexibility index (Phi) is 6.64. The van der Waals surface area contributed by atoms with E-state index in [0.29, 0.717) is 32.3 Å². The summed E-state index contributed by atoms with van der Waals surface area (Å²) in [7, 11) is 1.93. The van der Waals surface area contributed by atoms with E-state index in [4.69, 9.17) is 14.6 Å². The van der Waals surface area contributed by atoms with Gasteiger partial charge < -0.3 is 14.8 Å². The second-order valence-corrected chi connectivity index (χ2v) is 6.53. The van der Waals surface area contributed by atoms with E-state index in [1.165, 1.54) is 0 Å². The molecule has 0 amide bonds. The first kappa shape index (κ1) is 19.2. The summed E-state index contributed by atoms with van der Waals surface area (Å²) in [6.07, 6.45) is 2.75. The van der Waals surface area contributed by atoms with Crippen molar-refractivity contribution in [3.8, 4) is 5.75 Å². The molecule has 0 spiro atoms. The molecule has 0 fully saturated rings. The monoisotopic (exact) mass is 373 g/mol. The Labute approximate surface area is 158 Å². The van der Waals surface area contributed by atoms with Crippen molar-refractivity contribution < 1.29 is 14.3 Å². The summed E-state index contributed by atoms with van der Waals surface area (Å²) >= 11 is 0. The molecule has 2 N–H and O–H groups in total. The zero-order valence-corrected chi connectivity index (χ0v) is 15.9. The maximum absolute atomic E-state index is 10.4. The van der Waals surface area contributed by atoms with Gasteiger partial charge in [0.1, 0.15) is 18.1 Å². The van der Waals surface area contributed by atoms with Gasteiger partial charge in [-0.25, -0.2) is 0 Å². The molecular weight excluding hydrogens is 346 g/mol. The molecule has 0 bridgehead atoms. The van der Waals surface area contributed by atoms with Gasteiger partial charge in [-0.15, -0.1) is 0 Å². The molecule has 0 saturated heterocycles. The van der Waals surface area contributed by atoms with Gasteiger partial charge in [-0.05, 0) is 44.6 Å². The number of aromatic amines is 1. The van der Waals surface area contributed by atoms with Gasteiger partial charge in [-0.1, -0.05) is 6.92 Å². The average molecular weight is 373 g/mol. The van der Waals surface area contributed by atoms with Crippen molar-refractivity contribution in [2.75, 3.05) is 33.4 Å². The lowest BCUT2D eigenvalue weighted by molar-refractivity contribution is -0.129. The van der Waals surface area contributed by atoms with Crippen molar-refractivity contribution in [1.29, 1.82) is 0 Å². The molecule has 0 radical (unpaired) electrons. The maximum Gasteiger partial charge on any atom is 0.293 e. The van der Waals surface area contributed by atoms with Crippen molar-refractivity contribution >= 4 is 23.1 Å². The van der Waals surface area contributed by atoms with E-state index in [0.717, 1.165) is 53.9 Å². The summed E-state index contributed by atoms with van der Waals surface area (Å²) in [4.78, 5) is 10.4. The van der Waals surface area contributed by atoms with Crippen LogP contribution < -0.4 is 10.1 Å². The van der Waals surface area contributed by atoms with Crippen molar-refractivity contribution in [2.45, 2.75) is 32.2 Å². The molecule has 2 aromatic rings. The Bertz CT molecular complexity index is 789. The summed E-state index contributed by atoms with van der Waals surface area (Å²) in [5.74, 6) is 0.836. The van der Waals surface area contributed by atoms with Crippen LogP contribution in [0.5, 0.6) is 5.75 Å². The van der Waals surface area contributed by atoms with Crippen LogP contribution in [0.4, 0.5) is 0 Å². The third kappa shape index (κ3) is 4.57. The van der Waals surface area contributed by atoms with E-state index in [2.05, 4.69) is 22.4 Å². The summed E-state index contributed by atoms with van der Waals surface area (Å²) in [6.45, 7) is 5.13. The average Bonchev–Trinajstić information content (AvgIpc) is 3.28. The highest BCUT2D eigenvalue weighted by molar-refractivity contribution is 6.09. The van der Waals surface area contributed by atoms with Gasteiger partial charge in [0.05, 0.1) is 30.4 Å². The lowest BCUT2D eigenvalue weighted by Gasteiger charge is -2.21. The first-order chi connectivity index (χ1) is 13.3. The number of carbonyl (C=O) groups is 1. The lowest BCUT2D eigenvalue weighted by Crippen LogP contribution is -2.29. The first-order valence-electron chi connectivity index (χ1n) is 9.42. The largest absolute Gasteiger partial charge is 0.494 e. The molecule has 0 saturated carbocycles. The Morgan fingerprint density at radius 2 is 2.30 bits per heavy atom. The van der Waals surface area contributed by atoms with Crippen LogP contribution in [-0.2, 0) is 9.53 Å². The number of rotatable bonds is 11. The Morgan fingerprint density at radius 1 is 1.41 bits per heavy atom. The number of nitrogens with zero attached hydrogens (tertiary/aromatic N) is 3. The molecule has 1 aliphatic heterocycles. The summed E-state index contributed by atoms with van der Waals surface area (Å²) in [5, 5.41) is 18.4. The molecule has 1 aromatic heterocycles. The van der Waals surface area contributed by atoms with E-state index in [1.807, 2.05) is 30.3 Å². The van der Waals surface area contributed by atoms with Crippen LogP contribution in [0.1, 0.15) is 31.9 Å². The minimum absolute atomic E-state index is 0.294. The number of fused-ring (bicyclic) bond motifs is 1. The van der Waals surface area contributed by atoms with Crippen molar-refractivity contribution in [2.24, 2.45) is 5.10 Å². The van der Waals surface area contributed by atoms with Crippen LogP contribution in [0.3, 0.4) is 0 Å². The summed E-state index contributed by atoms with van der Waals surface area (Å²) in [6, 6.07) is 6.26. The smallest absolute Gasteiger partial charge is 0.293 e. The topological polar surface area (TPSA) is 91.8 Å². The number of carbonyl (C=O) groups excluding carboxylic acids is 1. The van der Waals surface area contributed by atoms with Crippen LogP contribution in [-0.4, -0.2) is 66.8 Å². The second-order valence-electron chi connectivity index (χ2n) is 6.53. The number of hydrogen-bond donors (Lipinski definition) is 2. The van der Waals surface area contributed by atoms with Gasteiger partial charge in [0, 0.05) is 11.8 Å². The highest BCUT2D eigenvalue weighted by Crippen LogP contribution is 2.27. The number of H-pyrrole nitrogens is 1. The Hall–Kier alpha value is -2.61. The fourth-order valence-electron chi connectivity index (χ4n) is 3.27. The standard InChI is InChI=1S/C19H27N5O3/c1-3-14-11-18(23-24(14)8-10-26-13-25)19-16-12-15(27-9-4-7-20-2)5-6-17(16)21-22-19/h5-6,12-14,20H,3-4,7-11H2,1-2H3,(H,21,22). The normalized spacial score (nSPS) is 16.6. The van der Waals surface area contributed by atoms with E-state index in [1.54, 1.807) is 0 Å². The quantitative estimate of drug-likeness (QED) is 0.462. The van der Waals surface area contributed by atoms with Gasteiger partial charge in [0.15, 0.2) is 0 Å². The van der Waals surface area contributed by atoms with Crippen LogP contribution in [0.15, 0.2) is 23.3 Å². The fraction of sp³-hybridized carbons (Fsp3) is 0.526. The van der Waals surface area contributed by atoms with E-state index in [9.17, 15) is 4.79 Å². The number of ether oxygens (including phenoxy) is 2. The number of benzene rings is 1. The van der Waals surface area contributed by atoms with Crippen LogP contribution in [0, 0.1) is 0 Å². The fourth-order valence-corrected chi connectivity index (χ4v) is 3.27. The van der Waals surface area contributed by atoms with Crippen molar-refractivity contribution in [1.82, 2.24) is 20.5 Å². The van der Waals surface area contributed by atoms with Gasteiger partial charge in [0.25, 0.3) is 6.47 Å². The number of nitrogens with one attached hydrogen (secondary N) is 2. The molecular formula is C19H27N5O3. The lowest BCUT2D eigenvalue weighted by atomic mass is 10.0. The molecule has 0 aliphatic carbocycles. The molecule has 1 aromatic carbocycles. The molecule has 1 atom stereocenters. The van der Waals surface area contributed by atoms with Gasteiger partial charge in [0.2, 0.25) is 0 Å². The second kappa shape index (κ2) is 9.36. The molecule has 27 heavy (non-hydrogen) atoms. The molecule has 1 unspecified atom stereocenters. The van der Waals surface area contributed by atoms with Gasteiger partial charge >= 0.3 is 0 Å². The molecule has 8 nitrogen and oxygen atoms in total. The molecule has 2 heterocycles. The zero-order chi connectivity index (χ0) is 19.1. The first-order valence-corrected chi connectivity index (χ1v) is 9.42. The maximum atomic E-state index is 10.4. The summed E-state index contributed by atoms with van der Waals surface area (Å²) < 4.78 is 10.7. The minimum Gasteiger partial charge on any atom is -0.494 e. The SMILES string of the molecule is CCC1CC(c2n[nH]c3ccc(OCCCNC)cc23)=NN1CCOC=O. The zero-order valence-electron chi connectivity index (χ0n) is 15.9. The number of hydrogen-bond acceptors (Lipinski definition) is 7. The third-order valence-electron chi connectivity index (χ3n) is 4.72.